The lowest BCUT2D eigenvalue weighted by Crippen LogP contribution is -2.08. The third-order valence-electron chi connectivity index (χ3n) is 5.13. The van der Waals surface area contributed by atoms with Crippen molar-refractivity contribution in [1.82, 2.24) is 9.78 Å². The number of hydrogen-bond acceptors (Lipinski definition) is 5. The van der Waals surface area contributed by atoms with Gasteiger partial charge in [0.05, 0.1) is 25.5 Å². The van der Waals surface area contributed by atoms with E-state index in [0.717, 1.165) is 54.2 Å². The molecular formula is C22H23N3O4. The Bertz CT molecular complexity index is 1060. The molecule has 29 heavy (non-hydrogen) atoms. The number of ether oxygens (including phenoxy) is 2. The Morgan fingerprint density at radius 3 is 2.76 bits per heavy atom. The second kappa shape index (κ2) is 7.87. The second-order valence-electron chi connectivity index (χ2n) is 6.89. The minimum atomic E-state index is -0.965. The van der Waals surface area contributed by atoms with Gasteiger partial charge >= 0.3 is 5.97 Å². The SMILES string of the molecule is COc1ccc(OC)c(-c2nn(-c3cccc(C(=O)O)c3)c3c2CCCCN3)c1. The Morgan fingerprint density at radius 1 is 1.14 bits per heavy atom. The summed E-state index contributed by atoms with van der Waals surface area (Å²) in [7, 11) is 3.26. The van der Waals surface area contributed by atoms with Gasteiger partial charge in [-0.15, -0.1) is 0 Å². The number of carbonyl (C=O) groups is 1. The van der Waals surface area contributed by atoms with Crippen LogP contribution in [0.15, 0.2) is 42.5 Å². The summed E-state index contributed by atoms with van der Waals surface area (Å²) in [5, 5.41) is 17.7. The van der Waals surface area contributed by atoms with Gasteiger partial charge in [-0.2, -0.15) is 5.10 Å². The highest BCUT2D eigenvalue weighted by atomic mass is 16.5. The summed E-state index contributed by atoms with van der Waals surface area (Å²) < 4.78 is 12.8. The van der Waals surface area contributed by atoms with Crippen molar-refractivity contribution in [3.05, 3.63) is 53.6 Å². The first-order chi connectivity index (χ1) is 14.1. The summed E-state index contributed by atoms with van der Waals surface area (Å²) >= 11 is 0. The molecule has 0 spiro atoms. The molecule has 3 aromatic rings. The van der Waals surface area contributed by atoms with Crippen LogP contribution in [0.4, 0.5) is 5.82 Å². The van der Waals surface area contributed by atoms with Crippen molar-refractivity contribution in [3.63, 3.8) is 0 Å². The Hall–Kier alpha value is -3.48. The Morgan fingerprint density at radius 2 is 2.00 bits per heavy atom. The monoisotopic (exact) mass is 393 g/mol. The second-order valence-corrected chi connectivity index (χ2v) is 6.89. The van der Waals surface area contributed by atoms with Gasteiger partial charge in [0.2, 0.25) is 0 Å². The number of hydrogen-bond donors (Lipinski definition) is 2. The summed E-state index contributed by atoms with van der Waals surface area (Å²) in [6.45, 7) is 0.839. The first-order valence-corrected chi connectivity index (χ1v) is 9.54. The lowest BCUT2D eigenvalue weighted by molar-refractivity contribution is 0.0697. The zero-order valence-electron chi connectivity index (χ0n) is 16.4. The summed E-state index contributed by atoms with van der Waals surface area (Å²) in [4.78, 5) is 11.4. The Kier molecular flexibility index (Phi) is 5.12. The predicted molar refractivity (Wildman–Crippen MR) is 110 cm³/mol. The number of nitrogens with one attached hydrogen (secondary N) is 1. The van der Waals surface area contributed by atoms with Crippen molar-refractivity contribution in [1.29, 1.82) is 0 Å². The van der Waals surface area contributed by atoms with Crippen LogP contribution in [-0.2, 0) is 6.42 Å². The zero-order chi connectivity index (χ0) is 20.4. The van der Waals surface area contributed by atoms with Crippen LogP contribution in [0.1, 0.15) is 28.8 Å². The van der Waals surface area contributed by atoms with Crippen LogP contribution >= 0.6 is 0 Å². The summed E-state index contributed by atoms with van der Waals surface area (Å²) in [6.07, 6.45) is 2.97. The van der Waals surface area contributed by atoms with Crippen LogP contribution in [-0.4, -0.2) is 41.6 Å². The van der Waals surface area contributed by atoms with E-state index in [0.29, 0.717) is 11.4 Å². The molecule has 0 unspecified atom stereocenters. The Labute approximate surface area is 168 Å². The lowest BCUT2D eigenvalue weighted by atomic mass is 10.0. The number of aromatic nitrogens is 2. The number of aromatic carboxylic acids is 1. The fraction of sp³-hybridized carbons (Fsp3) is 0.273. The number of rotatable bonds is 5. The topological polar surface area (TPSA) is 85.6 Å². The first kappa shape index (κ1) is 18.9. The van der Waals surface area contributed by atoms with E-state index in [1.54, 1.807) is 37.1 Å². The highest BCUT2D eigenvalue weighted by Gasteiger charge is 2.24. The largest absolute Gasteiger partial charge is 0.497 e. The molecule has 0 amide bonds. The number of carboxylic acid groups (broad SMARTS) is 1. The van der Waals surface area contributed by atoms with Crippen molar-refractivity contribution in [3.8, 4) is 28.4 Å². The van der Waals surface area contributed by atoms with Gasteiger partial charge in [0.25, 0.3) is 0 Å². The van der Waals surface area contributed by atoms with Crippen molar-refractivity contribution < 1.29 is 19.4 Å². The average Bonchev–Trinajstić information content (AvgIpc) is 2.93. The molecule has 1 aromatic heterocycles. The quantitative estimate of drug-likeness (QED) is 0.681. The van der Waals surface area contributed by atoms with Gasteiger partial charge in [0.1, 0.15) is 23.0 Å². The molecule has 0 aliphatic carbocycles. The number of carboxylic acids is 1. The molecule has 0 saturated heterocycles. The number of benzene rings is 2. The number of fused-ring (bicyclic) bond motifs is 1. The van der Waals surface area contributed by atoms with Crippen LogP contribution in [0, 0.1) is 0 Å². The van der Waals surface area contributed by atoms with E-state index in [9.17, 15) is 9.90 Å². The van der Waals surface area contributed by atoms with Gasteiger partial charge in [-0.05, 0) is 55.7 Å². The van der Waals surface area contributed by atoms with Crippen molar-refractivity contribution >= 4 is 11.8 Å². The zero-order valence-corrected chi connectivity index (χ0v) is 16.4. The molecule has 7 heteroatoms. The predicted octanol–water partition coefficient (Wildman–Crippen LogP) is 4.00. The molecule has 0 bridgehead atoms. The third kappa shape index (κ3) is 3.51. The summed E-state index contributed by atoms with van der Waals surface area (Å²) in [5.74, 6) is 1.36. The molecule has 7 nitrogen and oxygen atoms in total. The Balaban J connectivity index is 1.93. The van der Waals surface area contributed by atoms with E-state index >= 15 is 0 Å². The van der Waals surface area contributed by atoms with Crippen LogP contribution < -0.4 is 14.8 Å². The molecular weight excluding hydrogens is 370 g/mol. The van der Waals surface area contributed by atoms with Crippen LogP contribution in [0.3, 0.4) is 0 Å². The highest BCUT2D eigenvalue weighted by molar-refractivity contribution is 5.88. The minimum absolute atomic E-state index is 0.223. The van der Waals surface area contributed by atoms with E-state index in [2.05, 4.69) is 5.32 Å². The molecule has 4 rings (SSSR count). The molecule has 150 valence electrons. The maximum Gasteiger partial charge on any atom is 0.335 e. The van der Waals surface area contributed by atoms with Crippen LogP contribution in [0.2, 0.25) is 0 Å². The van der Waals surface area contributed by atoms with Crippen molar-refractivity contribution in [2.45, 2.75) is 19.3 Å². The highest BCUT2D eigenvalue weighted by Crippen LogP contribution is 2.39. The fourth-order valence-corrected chi connectivity index (χ4v) is 3.68. The standard InChI is InChI=1S/C22H23N3O4/c1-28-16-9-10-19(29-2)18(13-16)20-17-8-3-4-11-23-21(17)25(24-20)15-7-5-6-14(12-15)22(26)27/h5-7,9-10,12-13,23H,3-4,8,11H2,1-2H3,(H,26,27). The molecule has 0 atom stereocenters. The van der Waals surface area contributed by atoms with Gasteiger partial charge in [-0.25, -0.2) is 9.48 Å². The van der Waals surface area contributed by atoms with Gasteiger partial charge in [0, 0.05) is 17.7 Å². The summed E-state index contributed by atoms with van der Waals surface area (Å²) in [6, 6.07) is 12.4. The molecule has 0 saturated carbocycles. The number of methoxy groups -OCH3 is 2. The fourth-order valence-electron chi connectivity index (χ4n) is 3.68. The van der Waals surface area contributed by atoms with Gasteiger partial charge in [-0.1, -0.05) is 6.07 Å². The molecule has 1 aliphatic heterocycles. The van der Waals surface area contributed by atoms with E-state index in [-0.39, 0.29) is 5.56 Å². The van der Waals surface area contributed by atoms with Crippen LogP contribution in [0.25, 0.3) is 16.9 Å². The van der Waals surface area contributed by atoms with Gasteiger partial charge < -0.3 is 19.9 Å². The number of anilines is 1. The normalized spacial score (nSPS) is 13.2. The average molecular weight is 393 g/mol. The molecule has 2 heterocycles. The minimum Gasteiger partial charge on any atom is -0.497 e. The van der Waals surface area contributed by atoms with E-state index in [1.807, 2.05) is 24.3 Å². The molecule has 2 aromatic carbocycles. The maximum absolute atomic E-state index is 11.4. The van der Waals surface area contributed by atoms with E-state index in [4.69, 9.17) is 14.6 Å². The van der Waals surface area contributed by atoms with Gasteiger partial charge in [0.15, 0.2) is 0 Å². The first-order valence-electron chi connectivity index (χ1n) is 9.54. The molecule has 1 aliphatic rings. The maximum atomic E-state index is 11.4. The van der Waals surface area contributed by atoms with E-state index < -0.39 is 5.97 Å². The third-order valence-corrected chi connectivity index (χ3v) is 5.13. The molecule has 2 N–H and O–H groups in total. The number of nitrogens with zero attached hydrogens (tertiary/aromatic N) is 2. The van der Waals surface area contributed by atoms with E-state index in [1.165, 1.54) is 0 Å². The van der Waals surface area contributed by atoms with Crippen molar-refractivity contribution in [2.75, 3.05) is 26.1 Å². The summed E-state index contributed by atoms with van der Waals surface area (Å²) in [5.41, 5.74) is 3.67. The van der Waals surface area contributed by atoms with Crippen molar-refractivity contribution in [2.24, 2.45) is 0 Å². The smallest absolute Gasteiger partial charge is 0.335 e. The molecule has 0 radical (unpaired) electrons. The lowest BCUT2D eigenvalue weighted by Gasteiger charge is -2.10. The molecule has 0 fully saturated rings. The van der Waals surface area contributed by atoms with Crippen LogP contribution in [0.5, 0.6) is 11.5 Å². The van der Waals surface area contributed by atoms with Gasteiger partial charge in [-0.3, -0.25) is 0 Å².